The molecule has 88 valence electrons. The van der Waals surface area contributed by atoms with Crippen LogP contribution in [0.2, 0.25) is 0 Å². The first-order valence-electron chi connectivity index (χ1n) is 4.89. The number of ether oxygens (including phenoxy) is 1. The van der Waals surface area contributed by atoms with Crippen molar-refractivity contribution in [1.29, 1.82) is 0 Å². The molecule has 0 atom stereocenters. The Morgan fingerprint density at radius 1 is 1.24 bits per heavy atom. The summed E-state index contributed by atoms with van der Waals surface area (Å²) in [4.78, 5) is 11.2. The molecule has 0 fully saturated rings. The summed E-state index contributed by atoms with van der Waals surface area (Å²) in [6.07, 6.45) is -0.927. The van der Waals surface area contributed by atoms with Gasteiger partial charge in [0.05, 0.1) is 12.2 Å². The molecule has 1 rings (SSSR count). The SMILES string of the molecule is CCOC(=O)c1ccc(C[B-](F)(F)F)cc1.[K+]. The number of carbonyl (C=O) groups is 1. The third-order valence-electron chi connectivity index (χ3n) is 1.93. The summed E-state index contributed by atoms with van der Waals surface area (Å²) < 4.78 is 41.0. The first-order chi connectivity index (χ1) is 7.42. The van der Waals surface area contributed by atoms with E-state index >= 15 is 0 Å². The van der Waals surface area contributed by atoms with Gasteiger partial charge < -0.3 is 17.7 Å². The molecule has 0 aliphatic rings. The van der Waals surface area contributed by atoms with Crippen molar-refractivity contribution in [3.8, 4) is 0 Å². The molecule has 0 radical (unpaired) electrons. The summed E-state index contributed by atoms with van der Waals surface area (Å²) in [6.45, 7) is -2.93. The zero-order chi connectivity index (χ0) is 12.2. The summed E-state index contributed by atoms with van der Waals surface area (Å²) in [5.41, 5.74) is 0.417. The fourth-order valence-corrected chi connectivity index (χ4v) is 1.26. The molecule has 0 saturated heterocycles. The van der Waals surface area contributed by atoms with E-state index in [1.54, 1.807) is 6.92 Å². The molecule has 17 heavy (non-hydrogen) atoms. The Hall–Kier alpha value is 0.181. The van der Waals surface area contributed by atoms with Gasteiger partial charge in [0.15, 0.2) is 0 Å². The average Bonchev–Trinajstić information content (AvgIpc) is 2.16. The van der Waals surface area contributed by atoms with Gasteiger partial charge in [-0.1, -0.05) is 24.0 Å². The standard InChI is InChI=1S/C10H11BF3O2.K/c1-2-16-10(15)9-5-3-8(4-6-9)7-11(12,13)14;/h3-6H,2,7H2,1H3;/q-1;+1. The minimum atomic E-state index is -4.84. The number of esters is 1. The predicted molar refractivity (Wildman–Crippen MR) is 55.2 cm³/mol. The summed E-state index contributed by atoms with van der Waals surface area (Å²) in [5.74, 6) is -0.522. The van der Waals surface area contributed by atoms with Gasteiger partial charge in [0.1, 0.15) is 0 Å². The fraction of sp³-hybridized carbons (Fsp3) is 0.300. The Morgan fingerprint density at radius 3 is 2.18 bits per heavy atom. The van der Waals surface area contributed by atoms with E-state index in [2.05, 4.69) is 0 Å². The molecule has 7 heteroatoms. The quantitative estimate of drug-likeness (QED) is 0.559. The van der Waals surface area contributed by atoms with Crippen molar-refractivity contribution < 1.29 is 73.9 Å². The van der Waals surface area contributed by atoms with Crippen molar-refractivity contribution in [2.45, 2.75) is 13.2 Å². The molecule has 0 spiro atoms. The number of hydrogen-bond acceptors (Lipinski definition) is 2. The molecule has 1 aromatic rings. The van der Waals surface area contributed by atoms with Gasteiger partial charge in [-0.15, -0.1) is 0 Å². The molecule has 2 nitrogen and oxygen atoms in total. The van der Waals surface area contributed by atoms with Crippen molar-refractivity contribution in [3.05, 3.63) is 35.4 Å². The van der Waals surface area contributed by atoms with E-state index in [-0.39, 0.29) is 69.1 Å². The molecular formula is C10H11BF3KO2. The van der Waals surface area contributed by atoms with Crippen LogP contribution in [-0.2, 0) is 11.1 Å². The summed E-state index contributed by atoms with van der Waals surface area (Å²) in [6, 6.07) is 5.27. The minimum Gasteiger partial charge on any atom is -0.462 e. The first kappa shape index (κ1) is 17.2. The van der Waals surface area contributed by atoms with E-state index in [4.69, 9.17) is 4.74 Å². The predicted octanol–water partition coefficient (Wildman–Crippen LogP) is -0.204. The third-order valence-corrected chi connectivity index (χ3v) is 1.93. The second-order valence-electron chi connectivity index (χ2n) is 3.33. The fourth-order valence-electron chi connectivity index (χ4n) is 1.26. The largest absolute Gasteiger partial charge is 1.00 e. The third kappa shape index (κ3) is 6.61. The van der Waals surface area contributed by atoms with Crippen molar-refractivity contribution in [3.63, 3.8) is 0 Å². The van der Waals surface area contributed by atoms with Crippen LogP contribution in [0.15, 0.2) is 24.3 Å². The molecule has 0 aliphatic heterocycles. The van der Waals surface area contributed by atoms with Crippen LogP contribution < -0.4 is 51.4 Å². The van der Waals surface area contributed by atoms with Gasteiger partial charge in [-0.25, -0.2) is 4.79 Å². The summed E-state index contributed by atoms with van der Waals surface area (Å²) >= 11 is 0. The van der Waals surface area contributed by atoms with Gasteiger partial charge in [0, 0.05) is 0 Å². The Kier molecular flexibility index (Phi) is 7.66. The second-order valence-corrected chi connectivity index (χ2v) is 3.33. The van der Waals surface area contributed by atoms with Crippen molar-refractivity contribution in [2.24, 2.45) is 0 Å². The Morgan fingerprint density at radius 2 is 1.76 bits per heavy atom. The Balaban J connectivity index is 0.00000256. The monoisotopic (exact) mass is 270 g/mol. The van der Waals surface area contributed by atoms with Gasteiger partial charge in [-0.3, -0.25) is 0 Å². The number of halogens is 3. The number of carbonyl (C=O) groups excluding carboxylic acids is 1. The van der Waals surface area contributed by atoms with Crippen molar-refractivity contribution >= 4 is 12.9 Å². The molecule has 0 heterocycles. The van der Waals surface area contributed by atoms with Gasteiger partial charge >= 0.3 is 64.3 Å². The van der Waals surface area contributed by atoms with Gasteiger partial charge in [0.2, 0.25) is 0 Å². The zero-order valence-electron chi connectivity index (χ0n) is 9.75. The molecule has 0 N–H and O–H groups in total. The van der Waals surface area contributed by atoms with Gasteiger partial charge in [-0.2, -0.15) is 0 Å². The van der Waals surface area contributed by atoms with E-state index in [1.807, 2.05) is 0 Å². The van der Waals surface area contributed by atoms with E-state index in [1.165, 1.54) is 24.3 Å². The van der Waals surface area contributed by atoms with E-state index in [0.29, 0.717) is 0 Å². The van der Waals surface area contributed by atoms with Crippen molar-refractivity contribution in [1.82, 2.24) is 0 Å². The van der Waals surface area contributed by atoms with Crippen molar-refractivity contribution in [2.75, 3.05) is 6.61 Å². The molecule has 0 amide bonds. The molecule has 0 unspecified atom stereocenters. The number of hydrogen-bond donors (Lipinski definition) is 0. The maximum absolute atomic E-state index is 12.1. The molecule has 0 aromatic heterocycles. The van der Waals surface area contributed by atoms with Crippen LogP contribution in [-0.4, -0.2) is 19.6 Å². The van der Waals surface area contributed by atoms with Crippen LogP contribution in [0.1, 0.15) is 22.8 Å². The maximum atomic E-state index is 12.1. The first-order valence-corrected chi connectivity index (χ1v) is 4.89. The van der Waals surface area contributed by atoms with E-state index in [9.17, 15) is 17.7 Å². The van der Waals surface area contributed by atoms with Crippen LogP contribution in [0, 0.1) is 0 Å². The average molecular weight is 270 g/mol. The van der Waals surface area contributed by atoms with E-state index in [0.717, 1.165) is 0 Å². The minimum absolute atomic E-state index is 0. The molecular weight excluding hydrogens is 259 g/mol. The molecule has 1 aromatic carbocycles. The zero-order valence-corrected chi connectivity index (χ0v) is 12.9. The normalized spacial score (nSPS) is 10.6. The van der Waals surface area contributed by atoms with Gasteiger partial charge in [-0.05, 0) is 19.1 Å². The van der Waals surface area contributed by atoms with Gasteiger partial charge in [0.25, 0.3) is 0 Å². The number of benzene rings is 1. The van der Waals surface area contributed by atoms with Crippen LogP contribution >= 0.6 is 0 Å². The van der Waals surface area contributed by atoms with Crippen LogP contribution in [0.3, 0.4) is 0 Å². The van der Waals surface area contributed by atoms with Crippen LogP contribution in [0.25, 0.3) is 0 Å². The smallest absolute Gasteiger partial charge is 0.462 e. The molecule has 0 aliphatic carbocycles. The topological polar surface area (TPSA) is 26.3 Å². The molecule has 0 bridgehead atoms. The maximum Gasteiger partial charge on any atom is 1.00 e. The second kappa shape index (κ2) is 7.58. The number of rotatable bonds is 4. The van der Waals surface area contributed by atoms with E-state index < -0.39 is 19.3 Å². The summed E-state index contributed by atoms with van der Waals surface area (Å²) in [7, 11) is 0. The van der Waals surface area contributed by atoms with Crippen LogP contribution in [0.4, 0.5) is 12.9 Å². The Labute approximate surface area is 140 Å². The Bertz CT molecular complexity index is 365. The molecule has 0 saturated carbocycles. The summed E-state index contributed by atoms with van der Waals surface area (Å²) in [5, 5.41) is 0. The van der Waals surface area contributed by atoms with Crippen LogP contribution in [0.5, 0.6) is 0 Å².